The van der Waals surface area contributed by atoms with Crippen LogP contribution in [-0.4, -0.2) is 0 Å². The van der Waals surface area contributed by atoms with Crippen molar-refractivity contribution in [3.63, 3.8) is 0 Å². The summed E-state index contributed by atoms with van der Waals surface area (Å²) in [6.07, 6.45) is 5.12. The van der Waals surface area contributed by atoms with Gasteiger partial charge in [-0.05, 0) is 49.1 Å². The maximum Gasteiger partial charge on any atom is 0.126 e. The van der Waals surface area contributed by atoms with Crippen LogP contribution in [0.2, 0.25) is 0 Å². The summed E-state index contributed by atoms with van der Waals surface area (Å²) in [7, 11) is 0. The van der Waals surface area contributed by atoms with Crippen LogP contribution in [0.5, 0.6) is 0 Å². The lowest BCUT2D eigenvalue weighted by molar-refractivity contribution is 0.173. The quantitative estimate of drug-likeness (QED) is 0.654. The molecule has 1 aliphatic rings. The topological polar surface area (TPSA) is 9.23 Å². The molecule has 0 bridgehead atoms. The number of benzene rings is 1. The molecule has 74 valence electrons. The van der Waals surface area contributed by atoms with Gasteiger partial charge in [-0.15, -0.1) is 0 Å². The fourth-order valence-corrected chi connectivity index (χ4v) is 1.85. The van der Waals surface area contributed by atoms with Crippen LogP contribution in [0.25, 0.3) is 0 Å². The zero-order valence-electron chi connectivity index (χ0n) is 9.00. The second-order valence-corrected chi connectivity index (χ2v) is 4.01. The highest BCUT2D eigenvalue weighted by Crippen LogP contribution is 2.29. The molecule has 0 aromatic heterocycles. The molecule has 14 heavy (non-hydrogen) atoms. The summed E-state index contributed by atoms with van der Waals surface area (Å²) in [5.41, 5.74) is 5.40. The van der Waals surface area contributed by atoms with Crippen LogP contribution in [0.3, 0.4) is 0 Å². The molecule has 1 unspecified atom stereocenters. The predicted molar refractivity (Wildman–Crippen MR) is 58.2 cm³/mol. The summed E-state index contributed by atoms with van der Waals surface area (Å²) in [5.74, 6) is 0. The van der Waals surface area contributed by atoms with Gasteiger partial charge >= 0.3 is 0 Å². The highest BCUT2D eigenvalue weighted by atomic mass is 16.5. The molecule has 0 spiro atoms. The van der Waals surface area contributed by atoms with Crippen molar-refractivity contribution in [2.45, 2.75) is 33.3 Å². The molecule has 0 saturated heterocycles. The Bertz CT molecular complexity index is 346. The standard InChI is InChI=1S/C13H16O/c1-9-7-12(8-10(2)11(9)3)13-5-4-6-14-13/h4,6-8,13H,5H2,1-3H3. The van der Waals surface area contributed by atoms with Crippen LogP contribution in [0.1, 0.15) is 34.8 Å². The van der Waals surface area contributed by atoms with Gasteiger partial charge in [0.05, 0.1) is 6.26 Å². The van der Waals surface area contributed by atoms with E-state index in [0.29, 0.717) is 0 Å². The highest BCUT2D eigenvalue weighted by Gasteiger charge is 2.15. The normalized spacial score (nSPS) is 19.8. The lowest BCUT2D eigenvalue weighted by Gasteiger charge is -2.14. The van der Waals surface area contributed by atoms with Gasteiger partial charge in [0, 0.05) is 6.42 Å². The van der Waals surface area contributed by atoms with Crippen molar-refractivity contribution in [3.05, 3.63) is 46.7 Å². The minimum atomic E-state index is 0.244. The van der Waals surface area contributed by atoms with E-state index in [9.17, 15) is 0 Å². The van der Waals surface area contributed by atoms with E-state index in [1.54, 1.807) is 6.26 Å². The van der Waals surface area contributed by atoms with Gasteiger partial charge < -0.3 is 4.74 Å². The molecule has 1 aromatic rings. The van der Waals surface area contributed by atoms with Crippen molar-refractivity contribution in [1.29, 1.82) is 0 Å². The largest absolute Gasteiger partial charge is 0.493 e. The van der Waals surface area contributed by atoms with Crippen LogP contribution in [0.15, 0.2) is 24.5 Å². The van der Waals surface area contributed by atoms with E-state index in [0.717, 1.165) is 6.42 Å². The molecule has 0 radical (unpaired) electrons. The van der Waals surface area contributed by atoms with E-state index < -0.39 is 0 Å². The molecule has 0 aliphatic carbocycles. The molecule has 1 atom stereocenters. The first-order valence-corrected chi connectivity index (χ1v) is 5.06. The van der Waals surface area contributed by atoms with Crippen molar-refractivity contribution in [2.75, 3.05) is 0 Å². The number of rotatable bonds is 1. The first-order valence-electron chi connectivity index (χ1n) is 5.06. The van der Waals surface area contributed by atoms with Crippen molar-refractivity contribution >= 4 is 0 Å². The Labute approximate surface area is 85.4 Å². The third-order valence-electron chi connectivity index (χ3n) is 3.01. The minimum absolute atomic E-state index is 0.244. The molecule has 0 saturated carbocycles. The highest BCUT2D eigenvalue weighted by molar-refractivity contribution is 5.38. The van der Waals surface area contributed by atoms with Gasteiger partial charge in [-0.1, -0.05) is 12.1 Å². The Hall–Kier alpha value is -1.24. The van der Waals surface area contributed by atoms with Gasteiger partial charge in [0.25, 0.3) is 0 Å². The molecule has 1 aromatic carbocycles. The number of aryl methyl sites for hydroxylation is 2. The van der Waals surface area contributed by atoms with Crippen molar-refractivity contribution in [3.8, 4) is 0 Å². The van der Waals surface area contributed by atoms with E-state index in [-0.39, 0.29) is 6.10 Å². The number of hydrogen-bond acceptors (Lipinski definition) is 1. The smallest absolute Gasteiger partial charge is 0.126 e. The number of ether oxygens (including phenoxy) is 1. The average Bonchev–Trinajstić information content (AvgIpc) is 2.66. The second-order valence-electron chi connectivity index (χ2n) is 4.01. The fourth-order valence-electron chi connectivity index (χ4n) is 1.85. The van der Waals surface area contributed by atoms with Crippen LogP contribution >= 0.6 is 0 Å². The molecule has 0 fully saturated rings. The van der Waals surface area contributed by atoms with E-state index in [1.165, 1.54) is 22.3 Å². The van der Waals surface area contributed by atoms with E-state index in [1.807, 2.05) is 0 Å². The van der Waals surface area contributed by atoms with Crippen molar-refractivity contribution < 1.29 is 4.74 Å². The molecule has 0 N–H and O–H groups in total. The maximum atomic E-state index is 5.51. The molecular weight excluding hydrogens is 172 g/mol. The summed E-state index contributed by atoms with van der Waals surface area (Å²) in [6, 6.07) is 4.47. The molecule has 1 heterocycles. The summed E-state index contributed by atoms with van der Waals surface area (Å²) in [5, 5.41) is 0. The van der Waals surface area contributed by atoms with Crippen LogP contribution in [0, 0.1) is 20.8 Å². The van der Waals surface area contributed by atoms with Crippen molar-refractivity contribution in [1.82, 2.24) is 0 Å². The molecule has 2 rings (SSSR count). The summed E-state index contributed by atoms with van der Waals surface area (Å²) < 4.78 is 5.51. The van der Waals surface area contributed by atoms with E-state index in [2.05, 4.69) is 39.0 Å². The molecule has 1 nitrogen and oxygen atoms in total. The summed E-state index contributed by atoms with van der Waals surface area (Å²) in [4.78, 5) is 0. The van der Waals surface area contributed by atoms with Gasteiger partial charge in [-0.2, -0.15) is 0 Å². The Morgan fingerprint density at radius 2 is 1.79 bits per heavy atom. The van der Waals surface area contributed by atoms with Crippen LogP contribution < -0.4 is 0 Å². The molecule has 1 heteroatoms. The van der Waals surface area contributed by atoms with Gasteiger partial charge in [-0.3, -0.25) is 0 Å². The molecular formula is C13H16O. The SMILES string of the molecule is Cc1cc(C2CC=CO2)cc(C)c1C. The lowest BCUT2D eigenvalue weighted by atomic mass is 9.97. The Morgan fingerprint density at radius 1 is 1.14 bits per heavy atom. The number of hydrogen-bond donors (Lipinski definition) is 0. The van der Waals surface area contributed by atoms with Gasteiger partial charge in [0.15, 0.2) is 0 Å². The predicted octanol–water partition coefficient (Wildman–Crippen LogP) is 3.59. The van der Waals surface area contributed by atoms with E-state index in [4.69, 9.17) is 4.74 Å². The minimum Gasteiger partial charge on any atom is -0.493 e. The Kier molecular flexibility index (Phi) is 2.32. The molecule has 0 amide bonds. The first-order chi connectivity index (χ1) is 6.68. The third-order valence-corrected chi connectivity index (χ3v) is 3.01. The van der Waals surface area contributed by atoms with Gasteiger partial charge in [0.2, 0.25) is 0 Å². The van der Waals surface area contributed by atoms with Gasteiger partial charge in [-0.25, -0.2) is 0 Å². The average molecular weight is 188 g/mol. The fraction of sp³-hybridized carbons (Fsp3) is 0.385. The first kappa shape index (κ1) is 9.32. The zero-order chi connectivity index (χ0) is 10.1. The monoisotopic (exact) mass is 188 g/mol. The Balaban J connectivity index is 2.35. The molecule has 1 aliphatic heterocycles. The zero-order valence-corrected chi connectivity index (χ0v) is 9.00. The summed E-state index contributed by atoms with van der Waals surface area (Å²) >= 11 is 0. The Morgan fingerprint density at radius 3 is 2.29 bits per heavy atom. The van der Waals surface area contributed by atoms with Crippen LogP contribution in [-0.2, 0) is 4.74 Å². The lowest BCUT2D eigenvalue weighted by Crippen LogP contribution is -1.98. The van der Waals surface area contributed by atoms with Crippen LogP contribution in [0.4, 0.5) is 0 Å². The third kappa shape index (κ3) is 1.54. The van der Waals surface area contributed by atoms with Crippen molar-refractivity contribution in [2.24, 2.45) is 0 Å². The maximum absolute atomic E-state index is 5.51. The summed E-state index contributed by atoms with van der Waals surface area (Å²) in [6.45, 7) is 6.49. The second kappa shape index (κ2) is 3.49. The van der Waals surface area contributed by atoms with Gasteiger partial charge in [0.1, 0.15) is 6.10 Å². The van der Waals surface area contributed by atoms with E-state index >= 15 is 0 Å².